The maximum Gasteiger partial charge on any atom is 0.294 e. The summed E-state index contributed by atoms with van der Waals surface area (Å²) in [6.07, 6.45) is 2.15. The Bertz CT molecular complexity index is 498. The number of nitro groups is 1. The molecule has 0 amide bonds. The summed E-state index contributed by atoms with van der Waals surface area (Å²) in [6, 6.07) is 2.44. The van der Waals surface area contributed by atoms with Crippen LogP contribution >= 0.6 is 11.6 Å². The van der Waals surface area contributed by atoms with Crippen molar-refractivity contribution in [1.29, 1.82) is 0 Å². The summed E-state index contributed by atoms with van der Waals surface area (Å²) in [5.41, 5.74) is -0.0285. The van der Waals surface area contributed by atoms with Gasteiger partial charge < -0.3 is 10.2 Å². The van der Waals surface area contributed by atoms with Gasteiger partial charge in [0.25, 0.3) is 5.69 Å². The summed E-state index contributed by atoms with van der Waals surface area (Å²) in [5, 5.41) is 13.6. The van der Waals surface area contributed by atoms with E-state index in [1.54, 1.807) is 0 Å². The van der Waals surface area contributed by atoms with E-state index in [-0.39, 0.29) is 16.4 Å². The molecule has 1 atom stereocenters. The van der Waals surface area contributed by atoms with Gasteiger partial charge in [-0.05, 0) is 26.4 Å². The van der Waals surface area contributed by atoms with E-state index in [4.69, 9.17) is 11.6 Å². The molecule has 0 bridgehead atoms. The second-order valence-corrected chi connectivity index (χ2v) is 5.11. The first-order valence-corrected chi connectivity index (χ1v) is 6.44. The number of hydrogen-bond acceptors (Lipinski definition) is 4. The van der Waals surface area contributed by atoms with Crippen LogP contribution in [0.1, 0.15) is 12.8 Å². The van der Waals surface area contributed by atoms with E-state index in [0.29, 0.717) is 12.6 Å². The average Bonchev–Trinajstić information content (AvgIpc) is 2.75. The molecule has 1 saturated heterocycles. The van der Waals surface area contributed by atoms with Crippen LogP contribution < -0.4 is 5.32 Å². The number of halogens is 2. The van der Waals surface area contributed by atoms with Gasteiger partial charge in [0.15, 0.2) is 0 Å². The Labute approximate surface area is 115 Å². The second kappa shape index (κ2) is 5.71. The number of hydrogen-bond donors (Lipinski definition) is 1. The van der Waals surface area contributed by atoms with Crippen molar-refractivity contribution in [3.8, 4) is 0 Å². The fourth-order valence-corrected chi connectivity index (χ4v) is 2.45. The molecular weight excluding hydrogens is 273 g/mol. The molecule has 1 fully saturated rings. The Morgan fingerprint density at radius 3 is 2.95 bits per heavy atom. The number of rotatable bonds is 4. The van der Waals surface area contributed by atoms with E-state index >= 15 is 0 Å². The maximum atomic E-state index is 13.4. The van der Waals surface area contributed by atoms with Crippen molar-refractivity contribution in [3.63, 3.8) is 0 Å². The van der Waals surface area contributed by atoms with Gasteiger partial charge in [-0.25, -0.2) is 4.39 Å². The quantitative estimate of drug-likeness (QED) is 0.683. The SMILES string of the molecule is CN1CCCC1CNc1cc(F)c(Cl)cc1[N+](=O)[O-]. The summed E-state index contributed by atoms with van der Waals surface area (Å²) in [6.45, 7) is 1.57. The van der Waals surface area contributed by atoms with Crippen LogP contribution in [0.3, 0.4) is 0 Å². The van der Waals surface area contributed by atoms with Crippen molar-refractivity contribution < 1.29 is 9.31 Å². The molecule has 19 heavy (non-hydrogen) atoms. The zero-order valence-electron chi connectivity index (χ0n) is 10.5. The predicted molar refractivity (Wildman–Crippen MR) is 72.2 cm³/mol. The average molecular weight is 288 g/mol. The second-order valence-electron chi connectivity index (χ2n) is 4.70. The lowest BCUT2D eigenvalue weighted by Crippen LogP contribution is -2.31. The topological polar surface area (TPSA) is 58.4 Å². The Morgan fingerprint density at radius 2 is 2.37 bits per heavy atom. The number of likely N-dealkylation sites (tertiary alicyclic amines) is 1. The Morgan fingerprint density at radius 1 is 1.63 bits per heavy atom. The van der Waals surface area contributed by atoms with Gasteiger partial charge in [0.05, 0.1) is 9.95 Å². The van der Waals surface area contributed by atoms with E-state index in [1.165, 1.54) is 0 Å². The highest BCUT2D eigenvalue weighted by atomic mass is 35.5. The maximum absolute atomic E-state index is 13.4. The Kier molecular flexibility index (Phi) is 4.21. The van der Waals surface area contributed by atoms with Crippen LogP contribution in [0.15, 0.2) is 12.1 Å². The molecule has 0 spiro atoms. The molecule has 5 nitrogen and oxygen atoms in total. The molecule has 1 N–H and O–H groups in total. The number of nitro benzene ring substituents is 1. The van der Waals surface area contributed by atoms with E-state index in [1.807, 2.05) is 7.05 Å². The summed E-state index contributed by atoms with van der Waals surface area (Å²) < 4.78 is 13.4. The normalized spacial score (nSPS) is 19.6. The van der Waals surface area contributed by atoms with Crippen molar-refractivity contribution in [2.75, 3.05) is 25.5 Å². The zero-order valence-corrected chi connectivity index (χ0v) is 11.3. The molecule has 1 aliphatic heterocycles. The largest absolute Gasteiger partial charge is 0.378 e. The zero-order chi connectivity index (χ0) is 14.0. The van der Waals surface area contributed by atoms with Crippen LogP contribution in [0.2, 0.25) is 5.02 Å². The van der Waals surface area contributed by atoms with Crippen LogP contribution in [0.25, 0.3) is 0 Å². The van der Waals surface area contributed by atoms with Crippen LogP contribution in [0.4, 0.5) is 15.8 Å². The van der Waals surface area contributed by atoms with E-state index in [2.05, 4.69) is 10.2 Å². The molecule has 0 saturated carbocycles. The molecule has 0 aromatic heterocycles. The van der Waals surface area contributed by atoms with Crippen molar-refractivity contribution in [3.05, 3.63) is 33.1 Å². The van der Waals surface area contributed by atoms with Gasteiger partial charge in [-0.2, -0.15) is 0 Å². The lowest BCUT2D eigenvalue weighted by molar-refractivity contribution is -0.384. The Hall–Kier alpha value is -1.40. The van der Waals surface area contributed by atoms with Gasteiger partial charge in [0.2, 0.25) is 0 Å². The minimum Gasteiger partial charge on any atom is -0.378 e. The fraction of sp³-hybridized carbons (Fsp3) is 0.500. The third-order valence-electron chi connectivity index (χ3n) is 3.43. The highest BCUT2D eigenvalue weighted by Crippen LogP contribution is 2.30. The van der Waals surface area contributed by atoms with Crippen LogP contribution in [-0.4, -0.2) is 36.0 Å². The van der Waals surface area contributed by atoms with Crippen molar-refractivity contribution in [2.45, 2.75) is 18.9 Å². The molecule has 1 aromatic rings. The molecule has 1 aromatic carbocycles. The standard InChI is InChI=1S/C12H15ClFN3O2/c1-16-4-2-3-8(16)7-15-11-6-10(14)9(13)5-12(11)17(18)19/h5-6,8,15H,2-4,7H2,1H3. The summed E-state index contributed by atoms with van der Waals surface area (Å²) in [7, 11) is 2.01. The molecular formula is C12H15ClFN3O2. The third kappa shape index (κ3) is 3.13. The van der Waals surface area contributed by atoms with Gasteiger partial charge in [-0.15, -0.1) is 0 Å². The first-order valence-electron chi connectivity index (χ1n) is 6.06. The number of likely N-dealkylation sites (N-methyl/N-ethyl adjacent to an activating group) is 1. The smallest absolute Gasteiger partial charge is 0.294 e. The van der Waals surface area contributed by atoms with Crippen LogP contribution in [0.5, 0.6) is 0 Å². The molecule has 0 radical (unpaired) electrons. The number of anilines is 1. The highest BCUT2D eigenvalue weighted by molar-refractivity contribution is 6.31. The number of nitrogens with zero attached hydrogens (tertiary/aromatic N) is 2. The summed E-state index contributed by atoms with van der Waals surface area (Å²) in [4.78, 5) is 12.5. The molecule has 1 heterocycles. The van der Waals surface area contributed by atoms with Crippen molar-refractivity contribution in [1.82, 2.24) is 4.90 Å². The minimum atomic E-state index is -0.658. The molecule has 7 heteroatoms. The third-order valence-corrected chi connectivity index (χ3v) is 3.72. The van der Waals surface area contributed by atoms with Crippen LogP contribution in [0, 0.1) is 15.9 Å². The van der Waals surface area contributed by atoms with Gasteiger partial charge >= 0.3 is 0 Å². The molecule has 1 aliphatic rings. The van der Waals surface area contributed by atoms with Crippen LogP contribution in [-0.2, 0) is 0 Å². The van der Waals surface area contributed by atoms with E-state index in [0.717, 1.165) is 31.5 Å². The molecule has 104 valence electrons. The minimum absolute atomic E-state index is 0.173. The lowest BCUT2D eigenvalue weighted by Gasteiger charge is -2.20. The van der Waals surface area contributed by atoms with Crippen molar-refractivity contribution in [2.24, 2.45) is 0 Å². The molecule has 0 aliphatic carbocycles. The number of benzene rings is 1. The summed E-state index contributed by atoms with van der Waals surface area (Å²) >= 11 is 5.56. The van der Waals surface area contributed by atoms with E-state index in [9.17, 15) is 14.5 Å². The van der Waals surface area contributed by atoms with Gasteiger partial charge in [0, 0.05) is 24.7 Å². The number of nitrogens with one attached hydrogen (secondary N) is 1. The summed E-state index contributed by atoms with van der Waals surface area (Å²) in [5.74, 6) is -0.658. The Balaban J connectivity index is 2.14. The first kappa shape index (κ1) is 14.0. The monoisotopic (exact) mass is 287 g/mol. The van der Waals surface area contributed by atoms with Crippen molar-refractivity contribution >= 4 is 23.0 Å². The predicted octanol–water partition coefficient (Wildman–Crippen LogP) is 2.89. The van der Waals surface area contributed by atoms with Gasteiger partial charge in [-0.3, -0.25) is 10.1 Å². The lowest BCUT2D eigenvalue weighted by atomic mass is 10.2. The highest BCUT2D eigenvalue weighted by Gasteiger charge is 2.23. The first-order chi connectivity index (χ1) is 8.99. The van der Waals surface area contributed by atoms with Gasteiger partial charge in [-0.1, -0.05) is 11.6 Å². The van der Waals surface area contributed by atoms with E-state index < -0.39 is 10.7 Å². The van der Waals surface area contributed by atoms with Gasteiger partial charge in [0.1, 0.15) is 11.5 Å². The molecule has 1 unspecified atom stereocenters. The molecule has 2 rings (SSSR count). The fourth-order valence-electron chi connectivity index (χ4n) is 2.29.